The summed E-state index contributed by atoms with van der Waals surface area (Å²) < 4.78 is 9.58. The van der Waals surface area contributed by atoms with E-state index in [-0.39, 0.29) is 60.8 Å². The summed E-state index contributed by atoms with van der Waals surface area (Å²) in [6, 6.07) is 1.90. The van der Waals surface area contributed by atoms with Gasteiger partial charge in [0, 0.05) is 24.2 Å². The number of esters is 2. The standard InChI is InChI=1S/C40H54O11/c1-20(2)25-17-24(16-23(12-10-14-27(42)50-8)13-11-15-28(43)51-9)33(44)30-26(25)18-38(6)19-39(7)31(21(3)4)34(45)29(22(5)41)36(47)40(39,49)37(48)32(38)35(30)46/h17,20-21,23,29,31-32,44,49H,10-16,18-19H2,1-9H3/t29?,31?,32?,38-,39-,40+/m1/s1. The number of hydrogen-bond donors (Lipinski definition) is 2. The summed E-state index contributed by atoms with van der Waals surface area (Å²) in [4.78, 5) is 93.6. The van der Waals surface area contributed by atoms with Gasteiger partial charge in [0.15, 0.2) is 28.7 Å². The van der Waals surface area contributed by atoms with Gasteiger partial charge in [-0.15, -0.1) is 0 Å². The van der Waals surface area contributed by atoms with Crippen molar-refractivity contribution in [1.29, 1.82) is 0 Å². The van der Waals surface area contributed by atoms with Crippen LogP contribution in [-0.4, -0.2) is 70.9 Å². The van der Waals surface area contributed by atoms with Crippen molar-refractivity contribution in [2.75, 3.05) is 14.2 Å². The van der Waals surface area contributed by atoms with Gasteiger partial charge in [0.1, 0.15) is 17.5 Å². The Balaban J connectivity index is 1.83. The molecule has 0 bridgehead atoms. The number of carbonyl (C=O) groups is 7. The molecular formula is C40H54O11. The molecule has 4 rings (SSSR count). The number of ketones is 5. The summed E-state index contributed by atoms with van der Waals surface area (Å²) in [6.07, 6.45) is 3.09. The van der Waals surface area contributed by atoms with Crippen molar-refractivity contribution < 1.29 is 53.2 Å². The quantitative estimate of drug-likeness (QED) is 0.207. The molecule has 3 aliphatic rings. The van der Waals surface area contributed by atoms with Crippen LogP contribution in [0.3, 0.4) is 0 Å². The van der Waals surface area contributed by atoms with Crippen LogP contribution in [0.2, 0.25) is 0 Å². The molecule has 0 aromatic heterocycles. The molecule has 2 fully saturated rings. The highest BCUT2D eigenvalue weighted by Crippen LogP contribution is 2.64. The highest BCUT2D eigenvalue weighted by Gasteiger charge is 2.76. The molecular weight excluding hydrogens is 656 g/mol. The number of methoxy groups -OCH3 is 2. The summed E-state index contributed by atoms with van der Waals surface area (Å²) in [7, 11) is 2.64. The first-order valence-corrected chi connectivity index (χ1v) is 18.1. The molecule has 2 N–H and O–H groups in total. The molecule has 0 amide bonds. The maximum absolute atomic E-state index is 14.7. The lowest BCUT2D eigenvalue weighted by Gasteiger charge is -2.62. The van der Waals surface area contributed by atoms with E-state index in [2.05, 4.69) is 0 Å². The van der Waals surface area contributed by atoms with Crippen LogP contribution >= 0.6 is 0 Å². The van der Waals surface area contributed by atoms with Crippen LogP contribution in [-0.2, 0) is 51.1 Å². The summed E-state index contributed by atoms with van der Waals surface area (Å²) in [5.41, 5.74) is -3.56. The molecule has 3 aliphatic carbocycles. The Morgan fingerprint density at radius 1 is 0.922 bits per heavy atom. The van der Waals surface area contributed by atoms with Gasteiger partial charge < -0.3 is 19.7 Å². The number of ether oxygens (including phenoxy) is 2. The molecule has 280 valence electrons. The number of aromatic hydroxyl groups is 1. The Labute approximate surface area is 300 Å². The fourth-order valence-corrected chi connectivity index (χ4v) is 9.89. The third-order valence-corrected chi connectivity index (χ3v) is 12.1. The van der Waals surface area contributed by atoms with Gasteiger partial charge in [0.2, 0.25) is 0 Å². The SMILES string of the molecule is COC(=O)CCCC(CCCC(=O)OC)Cc1cc(C(C)C)c2c(c1O)C(=O)C1C(=O)[C@@]3(O)C(=O)C(C(C)=O)C(=O)C(C(C)C)[C@@]3(C)C[C@@]1(C)C2. The van der Waals surface area contributed by atoms with E-state index in [1.165, 1.54) is 14.2 Å². The van der Waals surface area contributed by atoms with Gasteiger partial charge in [0.25, 0.3) is 0 Å². The fraction of sp³-hybridized carbons (Fsp3) is 0.675. The number of carbonyl (C=O) groups excluding carboxylic acids is 7. The van der Waals surface area contributed by atoms with Gasteiger partial charge in [-0.2, -0.15) is 0 Å². The first kappa shape index (κ1) is 40.0. The molecule has 0 aliphatic heterocycles. The molecule has 0 radical (unpaired) electrons. The molecule has 2 saturated carbocycles. The average Bonchev–Trinajstić information content (AvgIpc) is 3.02. The second-order valence-electron chi connectivity index (χ2n) is 16.3. The van der Waals surface area contributed by atoms with Crippen LogP contribution in [0.5, 0.6) is 5.75 Å². The van der Waals surface area contributed by atoms with Gasteiger partial charge in [-0.1, -0.05) is 47.6 Å². The van der Waals surface area contributed by atoms with Gasteiger partial charge in [-0.3, -0.25) is 33.6 Å². The van der Waals surface area contributed by atoms with Gasteiger partial charge in [-0.25, -0.2) is 0 Å². The Morgan fingerprint density at radius 2 is 1.47 bits per heavy atom. The monoisotopic (exact) mass is 710 g/mol. The second-order valence-corrected chi connectivity index (χ2v) is 16.3. The zero-order chi connectivity index (χ0) is 38.4. The topological polar surface area (TPSA) is 178 Å². The van der Waals surface area contributed by atoms with Crippen LogP contribution in [0.1, 0.15) is 126 Å². The molecule has 11 heteroatoms. The molecule has 0 saturated heterocycles. The minimum atomic E-state index is -2.76. The maximum Gasteiger partial charge on any atom is 0.305 e. The number of rotatable bonds is 13. The Morgan fingerprint density at radius 3 is 1.94 bits per heavy atom. The van der Waals surface area contributed by atoms with Crippen LogP contribution in [0.4, 0.5) is 0 Å². The third kappa shape index (κ3) is 6.71. The number of hydrogen-bond acceptors (Lipinski definition) is 11. The van der Waals surface area contributed by atoms with E-state index in [0.29, 0.717) is 43.2 Å². The van der Waals surface area contributed by atoms with Gasteiger partial charge >= 0.3 is 11.9 Å². The summed E-state index contributed by atoms with van der Waals surface area (Å²) in [5, 5.41) is 24.2. The molecule has 1 aromatic carbocycles. The number of fused-ring (bicyclic) bond motifs is 3. The molecule has 0 spiro atoms. The van der Waals surface area contributed by atoms with E-state index in [4.69, 9.17) is 9.47 Å². The number of phenolic OH excluding ortho intramolecular Hbond substituents is 1. The molecule has 0 heterocycles. The largest absolute Gasteiger partial charge is 0.507 e. The molecule has 1 aromatic rings. The number of phenols is 1. The van der Waals surface area contributed by atoms with Crippen molar-refractivity contribution in [3.63, 3.8) is 0 Å². The lowest BCUT2D eigenvalue weighted by Crippen LogP contribution is -2.76. The van der Waals surface area contributed by atoms with Crippen LogP contribution < -0.4 is 0 Å². The highest BCUT2D eigenvalue weighted by atomic mass is 16.5. The maximum atomic E-state index is 14.7. The van der Waals surface area contributed by atoms with Crippen molar-refractivity contribution in [1.82, 2.24) is 0 Å². The summed E-state index contributed by atoms with van der Waals surface area (Å²) >= 11 is 0. The number of aliphatic hydroxyl groups is 1. The van der Waals surface area contributed by atoms with E-state index in [1.54, 1.807) is 27.7 Å². The fourth-order valence-electron chi connectivity index (χ4n) is 9.89. The lowest BCUT2D eigenvalue weighted by atomic mass is 9.39. The van der Waals surface area contributed by atoms with Crippen LogP contribution in [0.15, 0.2) is 6.07 Å². The van der Waals surface area contributed by atoms with Crippen molar-refractivity contribution in [3.05, 3.63) is 28.3 Å². The van der Waals surface area contributed by atoms with Gasteiger partial charge in [-0.05, 0) is 91.7 Å². The normalized spacial score (nSPS) is 28.8. The highest BCUT2D eigenvalue weighted by molar-refractivity contribution is 6.32. The van der Waals surface area contributed by atoms with Crippen molar-refractivity contribution in [2.45, 2.75) is 118 Å². The predicted molar refractivity (Wildman–Crippen MR) is 186 cm³/mol. The van der Waals surface area contributed by atoms with Gasteiger partial charge in [0.05, 0.1) is 25.7 Å². The first-order valence-electron chi connectivity index (χ1n) is 18.1. The van der Waals surface area contributed by atoms with E-state index in [9.17, 15) is 43.8 Å². The molecule has 3 unspecified atom stereocenters. The van der Waals surface area contributed by atoms with Crippen molar-refractivity contribution in [3.8, 4) is 5.75 Å². The summed E-state index contributed by atoms with van der Waals surface area (Å²) in [6.45, 7) is 11.9. The smallest absolute Gasteiger partial charge is 0.305 e. The van der Waals surface area contributed by atoms with Crippen molar-refractivity contribution >= 4 is 40.9 Å². The van der Waals surface area contributed by atoms with Crippen LogP contribution in [0, 0.1) is 40.4 Å². The van der Waals surface area contributed by atoms with Crippen LogP contribution in [0.25, 0.3) is 0 Å². The van der Waals surface area contributed by atoms with E-state index < -0.39 is 69.0 Å². The minimum absolute atomic E-state index is 0.00838. The molecule has 51 heavy (non-hydrogen) atoms. The predicted octanol–water partition coefficient (Wildman–Crippen LogP) is 5.06. The lowest BCUT2D eigenvalue weighted by molar-refractivity contribution is -0.205. The number of Topliss-reactive ketones (excluding diaryl/α,β-unsaturated/α-hetero) is 5. The third-order valence-electron chi connectivity index (χ3n) is 12.1. The van der Waals surface area contributed by atoms with E-state index in [0.717, 1.165) is 12.5 Å². The Kier molecular flexibility index (Phi) is 11.6. The zero-order valence-electron chi connectivity index (χ0n) is 31.5. The second kappa shape index (κ2) is 14.7. The minimum Gasteiger partial charge on any atom is -0.507 e. The van der Waals surface area contributed by atoms with Crippen molar-refractivity contribution in [2.24, 2.45) is 40.4 Å². The van der Waals surface area contributed by atoms with E-state index >= 15 is 0 Å². The summed E-state index contributed by atoms with van der Waals surface area (Å²) in [5.74, 6) is -10.1. The molecule has 11 nitrogen and oxygen atoms in total. The molecule has 6 atom stereocenters. The zero-order valence-corrected chi connectivity index (χ0v) is 31.5. The van der Waals surface area contributed by atoms with E-state index in [1.807, 2.05) is 19.9 Å². The number of benzene rings is 1. The first-order chi connectivity index (χ1) is 23.7. The Hall–Kier alpha value is -3.73. The average molecular weight is 711 g/mol. The Bertz CT molecular complexity index is 1620.